The fraction of sp³-hybridized carbons (Fsp3) is 0.364. The highest BCUT2D eigenvalue weighted by Crippen LogP contribution is 2.48. The van der Waals surface area contributed by atoms with Crippen LogP contribution in [0.1, 0.15) is 12.2 Å². The Kier molecular flexibility index (Phi) is 5.29. The molecule has 152 valence electrons. The Morgan fingerprint density at radius 1 is 1.07 bits per heavy atom. The van der Waals surface area contributed by atoms with Crippen molar-refractivity contribution in [1.29, 1.82) is 0 Å². The van der Waals surface area contributed by atoms with Crippen LogP contribution in [0, 0.1) is 23.7 Å². The molecule has 0 unspecified atom stereocenters. The second-order valence-corrected chi connectivity index (χ2v) is 7.35. The smallest absolute Gasteiger partial charge is 0.229 e. The van der Waals surface area contributed by atoms with Gasteiger partial charge in [-0.1, -0.05) is 12.2 Å². The zero-order chi connectivity index (χ0) is 20.4. The Hall–Kier alpha value is -3.22. The molecule has 2 aliphatic rings. The number of allylic oxidation sites excluding steroid dienone is 2. The molecular formula is C22H24N2O5. The Labute approximate surface area is 169 Å². The fourth-order valence-corrected chi connectivity index (χ4v) is 4.37. The van der Waals surface area contributed by atoms with Gasteiger partial charge < -0.3 is 24.5 Å². The van der Waals surface area contributed by atoms with Crippen LogP contribution in [0.25, 0.3) is 0 Å². The van der Waals surface area contributed by atoms with E-state index in [1.54, 1.807) is 50.8 Å². The van der Waals surface area contributed by atoms with Crippen LogP contribution in [-0.4, -0.2) is 26.0 Å². The van der Waals surface area contributed by atoms with Crippen molar-refractivity contribution in [3.8, 4) is 11.5 Å². The summed E-state index contributed by atoms with van der Waals surface area (Å²) >= 11 is 0. The number of hydrogen-bond donors (Lipinski definition) is 2. The molecule has 4 atom stereocenters. The molecule has 2 N–H and O–H groups in total. The standard InChI is InChI=1S/C22H24N2O5/c1-27-15-7-8-18(28-2)17(11-15)24-22(26)20-14-6-5-13(10-14)19(20)21(25)23-12-16-4-3-9-29-16/h3-9,11,13-14,19-20H,10,12H2,1-2H3,(H,23,25)(H,24,26)/t13-,14+,19-,20+/m0/s1. The summed E-state index contributed by atoms with van der Waals surface area (Å²) in [5, 5.41) is 5.85. The molecule has 1 fully saturated rings. The number of benzene rings is 1. The summed E-state index contributed by atoms with van der Waals surface area (Å²) in [5.74, 6) is 0.796. The lowest BCUT2D eigenvalue weighted by Crippen LogP contribution is -2.41. The van der Waals surface area contributed by atoms with E-state index < -0.39 is 11.8 Å². The normalized spacial score (nSPS) is 24.3. The van der Waals surface area contributed by atoms with Crippen LogP contribution >= 0.6 is 0 Å². The molecule has 7 nitrogen and oxygen atoms in total. The third-order valence-electron chi connectivity index (χ3n) is 5.75. The summed E-state index contributed by atoms with van der Waals surface area (Å²) in [7, 11) is 3.11. The first-order chi connectivity index (χ1) is 14.1. The molecule has 1 aromatic heterocycles. The minimum absolute atomic E-state index is 0.0518. The van der Waals surface area contributed by atoms with Gasteiger partial charge in [0.1, 0.15) is 17.3 Å². The van der Waals surface area contributed by atoms with Crippen molar-refractivity contribution < 1.29 is 23.5 Å². The molecular weight excluding hydrogens is 372 g/mol. The average molecular weight is 396 g/mol. The number of hydrogen-bond acceptors (Lipinski definition) is 5. The predicted octanol–water partition coefficient (Wildman–Crippen LogP) is 2.99. The molecule has 4 rings (SSSR count). The number of ether oxygens (including phenoxy) is 2. The van der Waals surface area contributed by atoms with E-state index in [9.17, 15) is 9.59 Å². The van der Waals surface area contributed by atoms with Gasteiger partial charge >= 0.3 is 0 Å². The highest BCUT2D eigenvalue weighted by molar-refractivity contribution is 5.98. The first kappa shape index (κ1) is 19.1. The van der Waals surface area contributed by atoms with Gasteiger partial charge in [0.15, 0.2) is 0 Å². The summed E-state index contributed by atoms with van der Waals surface area (Å²) in [5.41, 5.74) is 0.526. The van der Waals surface area contributed by atoms with Gasteiger partial charge in [-0.15, -0.1) is 0 Å². The molecule has 0 aliphatic heterocycles. The van der Waals surface area contributed by atoms with E-state index in [4.69, 9.17) is 13.9 Å². The molecule has 0 radical (unpaired) electrons. The predicted molar refractivity (Wildman–Crippen MR) is 106 cm³/mol. The molecule has 2 aliphatic carbocycles. The van der Waals surface area contributed by atoms with Gasteiger partial charge in [-0.2, -0.15) is 0 Å². The Bertz CT molecular complexity index is 921. The van der Waals surface area contributed by atoms with E-state index in [-0.39, 0.29) is 23.7 Å². The number of carbonyl (C=O) groups excluding carboxylic acids is 2. The van der Waals surface area contributed by atoms with Gasteiger partial charge in [-0.25, -0.2) is 0 Å². The lowest BCUT2D eigenvalue weighted by atomic mass is 9.81. The Morgan fingerprint density at radius 2 is 1.83 bits per heavy atom. The monoisotopic (exact) mass is 396 g/mol. The van der Waals surface area contributed by atoms with Gasteiger partial charge in [0.05, 0.1) is 44.6 Å². The van der Waals surface area contributed by atoms with Crippen molar-refractivity contribution >= 4 is 17.5 Å². The second kappa shape index (κ2) is 8.03. The summed E-state index contributed by atoms with van der Waals surface area (Å²) < 4.78 is 15.9. The molecule has 7 heteroatoms. The number of anilines is 1. The fourth-order valence-electron chi connectivity index (χ4n) is 4.37. The number of carbonyl (C=O) groups is 2. The maximum absolute atomic E-state index is 13.2. The van der Waals surface area contributed by atoms with Crippen LogP contribution in [0.3, 0.4) is 0 Å². The molecule has 2 amide bonds. The number of fused-ring (bicyclic) bond motifs is 2. The molecule has 1 heterocycles. The van der Waals surface area contributed by atoms with Crippen LogP contribution in [0.2, 0.25) is 0 Å². The van der Waals surface area contributed by atoms with E-state index in [1.165, 1.54) is 0 Å². The molecule has 0 spiro atoms. The lowest BCUT2D eigenvalue weighted by molar-refractivity contribution is -0.133. The lowest BCUT2D eigenvalue weighted by Gasteiger charge is -2.26. The van der Waals surface area contributed by atoms with Crippen LogP contribution in [0.15, 0.2) is 53.2 Å². The van der Waals surface area contributed by atoms with E-state index in [1.807, 2.05) is 6.08 Å². The Balaban J connectivity index is 1.50. The van der Waals surface area contributed by atoms with Crippen molar-refractivity contribution in [3.05, 3.63) is 54.5 Å². The van der Waals surface area contributed by atoms with Gasteiger partial charge in [0.2, 0.25) is 11.8 Å². The highest BCUT2D eigenvalue weighted by atomic mass is 16.5. The number of amides is 2. The highest BCUT2D eigenvalue weighted by Gasteiger charge is 2.51. The van der Waals surface area contributed by atoms with E-state index >= 15 is 0 Å². The number of furan rings is 1. The molecule has 29 heavy (non-hydrogen) atoms. The first-order valence-electron chi connectivity index (χ1n) is 9.62. The quantitative estimate of drug-likeness (QED) is 0.703. The van der Waals surface area contributed by atoms with Crippen molar-refractivity contribution in [2.75, 3.05) is 19.5 Å². The summed E-state index contributed by atoms with van der Waals surface area (Å²) in [6, 6.07) is 8.80. The van der Waals surface area contributed by atoms with Crippen LogP contribution in [-0.2, 0) is 16.1 Å². The van der Waals surface area contributed by atoms with Gasteiger partial charge in [-0.3, -0.25) is 9.59 Å². The number of rotatable bonds is 7. The largest absolute Gasteiger partial charge is 0.497 e. The van der Waals surface area contributed by atoms with Crippen molar-refractivity contribution in [2.24, 2.45) is 23.7 Å². The van der Waals surface area contributed by atoms with E-state index in [0.717, 1.165) is 6.42 Å². The zero-order valence-corrected chi connectivity index (χ0v) is 16.4. The summed E-state index contributed by atoms with van der Waals surface area (Å²) in [4.78, 5) is 26.1. The minimum Gasteiger partial charge on any atom is -0.497 e. The summed E-state index contributed by atoms with van der Waals surface area (Å²) in [6.45, 7) is 0.307. The molecule has 1 saturated carbocycles. The molecule has 2 bridgehead atoms. The van der Waals surface area contributed by atoms with Crippen LogP contribution in [0.4, 0.5) is 5.69 Å². The first-order valence-corrected chi connectivity index (χ1v) is 9.62. The SMILES string of the molecule is COc1ccc(OC)c(NC(=O)[C@H]2[C@@H](C(=O)NCc3ccco3)[C@H]3C=C[C@@H]2C3)c1. The van der Waals surface area contributed by atoms with Gasteiger partial charge in [0.25, 0.3) is 0 Å². The van der Waals surface area contributed by atoms with Crippen molar-refractivity contribution in [1.82, 2.24) is 5.32 Å². The maximum atomic E-state index is 13.2. The summed E-state index contributed by atoms with van der Waals surface area (Å²) in [6.07, 6.45) is 6.48. The van der Waals surface area contributed by atoms with Crippen LogP contribution in [0.5, 0.6) is 11.5 Å². The van der Waals surface area contributed by atoms with Crippen LogP contribution < -0.4 is 20.1 Å². The maximum Gasteiger partial charge on any atom is 0.229 e. The third kappa shape index (κ3) is 3.72. The van der Waals surface area contributed by atoms with E-state index in [0.29, 0.717) is 29.5 Å². The van der Waals surface area contributed by atoms with Gasteiger partial charge in [-0.05, 0) is 42.5 Å². The topological polar surface area (TPSA) is 89.8 Å². The van der Waals surface area contributed by atoms with Gasteiger partial charge in [0, 0.05) is 6.07 Å². The zero-order valence-electron chi connectivity index (χ0n) is 16.4. The molecule has 1 aromatic carbocycles. The minimum atomic E-state index is -0.433. The van der Waals surface area contributed by atoms with Crippen molar-refractivity contribution in [3.63, 3.8) is 0 Å². The third-order valence-corrected chi connectivity index (χ3v) is 5.75. The number of methoxy groups -OCH3 is 2. The van der Waals surface area contributed by atoms with Crippen molar-refractivity contribution in [2.45, 2.75) is 13.0 Å². The average Bonchev–Trinajstić information content (AvgIpc) is 3.49. The number of nitrogens with one attached hydrogen (secondary N) is 2. The Morgan fingerprint density at radius 3 is 2.48 bits per heavy atom. The molecule has 2 aromatic rings. The molecule has 0 saturated heterocycles. The second-order valence-electron chi connectivity index (χ2n) is 7.35. The van der Waals surface area contributed by atoms with E-state index in [2.05, 4.69) is 16.7 Å².